The minimum Gasteiger partial charge on any atom is -0.495 e. The first kappa shape index (κ1) is 16.0. The van der Waals surface area contributed by atoms with Crippen LogP contribution in [0, 0.1) is 17.1 Å². The number of nitrogens with one attached hydrogen (secondary N) is 1. The summed E-state index contributed by atoms with van der Waals surface area (Å²) >= 11 is 3.08. The number of carbonyl (C=O) groups excluding carboxylic acids is 1. The van der Waals surface area contributed by atoms with Gasteiger partial charge >= 0.3 is 0 Å². The number of halogens is 2. The number of nitrogens with zero attached hydrogens (tertiary/aromatic N) is 1. The van der Waals surface area contributed by atoms with E-state index in [0.717, 1.165) is 0 Å². The zero-order chi connectivity index (χ0) is 16.1. The van der Waals surface area contributed by atoms with E-state index < -0.39 is 11.7 Å². The first-order valence-electron chi connectivity index (χ1n) is 6.36. The van der Waals surface area contributed by atoms with E-state index in [1.165, 1.54) is 13.2 Å². The van der Waals surface area contributed by atoms with Crippen molar-refractivity contribution in [3.63, 3.8) is 0 Å². The molecule has 0 heterocycles. The number of nitriles is 1. The van der Waals surface area contributed by atoms with Gasteiger partial charge in [-0.25, -0.2) is 4.39 Å². The molecular weight excluding hydrogens is 351 g/mol. The highest BCUT2D eigenvalue weighted by Gasteiger charge is 2.15. The second kappa shape index (κ2) is 7.05. The molecule has 0 aliphatic carbocycles. The number of anilines is 1. The highest BCUT2D eigenvalue weighted by molar-refractivity contribution is 9.10. The summed E-state index contributed by atoms with van der Waals surface area (Å²) in [6.07, 6.45) is -0.145. The smallest absolute Gasteiger partial charge is 0.229 e. The predicted molar refractivity (Wildman–Crippen MR) is 84.1 cm³/mol. The summed E-state index contributed by atoms with van der Waals surface area (Å²) in [5, 5.41) is 11.7. The third-order valence-electron chi connectivity index (χ3n) is 3.01. The SMILES string of the molecule is COc1cccc(C#N)c1NC(=O)Cc1cccc(Br)c1F. The van der Waals surface area contributed by atoms with Gasteiger partial charge in [0, 0.05) is 0 Å². The van der Waals surface area contributed by atoms with Gasteiger partial charge in [-0.3, -0.25) is 4.79 Å². The van der Waals surface area contributed by atoms with Gasteiger partial charge < -0.3 is 10.1 Å². The van der Waals surface area contributed by atoms with Crippen LogP contribution < -0.4 is 10.1 Å². The lowest BCUT2D eigenvalue weighted by Gasteiger charge is -2.12. The monoisotopic (exact) mass is 362 g/mol. The van der Waals surface area contributed by atoms with Gasteiger partial charge in [-0.05, 0) is 39.7 Å². The van der Waals surface area contributed by atoms with Crippen LogP contribution >= 0.6 is 15.9 Å². The van der Waals surface area contributed by atoms with Crippen molar-refractivity contribution in [2.24, 2.45) is 0 Å². The molecule has 2 aromatic carbocycles. The molecule has 2 aromatic rings. The lowest BCUT2D eigenvalue weighted by molar-refractivity contribution is -0.115. The highest BCUT2D eigenvalue weighted by Crippen LogP contribution is 2.28. The highest BCUT2D eigenvalue weighted by atomic mass is 79.9. The quantitative estimate of drug-likeness (QED) is 0.902. The molecule has 0 atom stereocenters. The van der Waals surface area contributed by atoms with Crippen LogP contribution in [0.3, 0.4) is 0 Å². The average molecular weight is 363 g/mol. The Bertz CT molecular complexity index is 756. The van der Waals surface area contributed by atoms with Gasteiger partial charge in [0.15, 0.2) is 0 Å². The Kier molecular flexibility index (Phi) is 5.12. The normalized spacial score (nSPS) is 9.91. The van der Waals surface area contributed by atoms with Crippen molar-refractivity contribution in [1.29, 1.82) is 5.26 Å². The van der Waals surface area contributed by atoms with Crippen molar-refractivity contribution in [3.05, 3.63) is 57.8 Å². The van der Waals surface area contributed by atoms with Crippen LogP contribution in [-0.4, -0.2) is 13.0 Å². The zero-order valence-corrected chi connectivity index (χ0v) is 13.3. The number of benzene rings is 2. The Hall–Kier alpha value is -2.39. The molecular formula is C16H12BrFN2O2. The standard InChI is InChI=1S/C16H12BrFN2O2/c1-22-13-7-3-5-11(9-19)16(13)20-14(21)8-10-4-2-6-12(17)15(10)18/h2-7H,8H2,1H3,(H,20,21). The number of para-hydroxylation sites is 1. The van der Waals surface area contributed by atoms with E-state index in [4.69, 9.17) is 10.00 Å². The molecule has 2 rings (SSSR count). The molecule has 4 nitrogen and oxygen atoms in total. The molecule has 0 saturated carbocycles. The summed E-state index contributed by atoms with van der Waals surface area (Å²) in [7, 11) is 1.44. The van der Waals surface area contributed by atoms with E-state index in [2.05, 4.69) is 21.2 Å². The number of ether oxygens (including phenoxy) is 1. The van der Waals surface area contributed by atoms with Gasteiger partial charge in [-0.1, -0.05) is 18.2 Å². The molecule has 0 unspecified atom stereocenters. The van der Waals surface area contributed by atoms with Crippen molar-refractivity contribution in [3.8, 4) is 11.8 Å². The molecule has 0 saturated heterocycles. The van der Waals surface area contributed by atoms with Gasteiger partial charge in [-0.2, -0.15) is 5.26 Å². The van der Waals surface area contributed by atoms with Crippen LogP contribution in [0.15, 0.2) is 40.9 Å². The molecule has 1 N–H and O–H groups in total. The number of methoxy groups -OCH3 is 1. The molecule has 112 valence electrons. The third-order valence-corrected chi connectivity index (χ3v) is 3.63. The summed E-state index contributed by atoms with van der Waals surface area (Å²) < 4.78 is 19.3. The van der Waals surface area contributed by atoms with E-state index in [9.17, 15) is 9.18 Å². The Balaban J connectivity index is 2.23. The zero-order valence-electron chi connectivity index (χ0n) is 11.7. The molecule has 0 aromatic heterocycles. The second-order valence-corrected chi connectivity index (χ2v) is 5.29. The fraction of sp³-hybridized carbons (Fsp3) is 0.125. The van der Waals surface area contributed by atoms with Crippen LogP contribution in [0.1, 0.15) is 11.1 Å². The van der Waals surface area contributed by atoms with E-state index in [1.54, 1.807) is 30.3 Å². The van der Waals surface area contributed by atoms with E-state index in [-0.39, 0.29) is 23.2 Å². The average Bonchev–Trinajstić information content (AvgIpc) is 2.52. The van der Waals surface area contributed by atoms with Crippen molar-refractivity contribution < 1.29 is 13.9 Å². The Morgan fingerprint density at radius 1 is 1.36 bits per heavy atom. The van der Waals surface area contributed by atoms with Gasteiger partial charge in [0.25, 0.3) is 0 Å². The number of amides is 1. The van der Waals surface area contributed by atoms with Crippen molar-refractivity contribution in [1.82, 2.24) is 0 Å². The first-order chi connectivity index (χ1) is 10.6. The van der Waals surface area contributed by atoms with Crippen molar-refractivity contribution >= 4 is 27.5 Å². The molecule has 0 aliphatic rings. The van der Waals surface area contributed by atoms with Crippen LogP contribution in [0.5, 0.6) is 5.75 Å². The first-order valence-corrected chi connectivity index (χ1v) is 7.16. The maximum absolute atomic E-state index is 13.9. The van der Waals surface area contributed by atoms with Crippen LogP contribution in [0.4, 0.5) is 10.1 Å². The van der Waals surface area contributed by atoms with Gasteiger partial charge in [0.1, 0.15) is 23.3 Å². The Labute approximate surface area is 135 Å². The van der Waals surface area contributed by atoms with E-state index in [1.807, 2.05) is 6.07 Å². The van der Waals surface area contributed by atoms with Gasteiger partial charge in [0.05, 0.1) is 23.6 Å². The van der Waals surface area contributed by atoms with Gasteiger partial charge in [-0.15, -0.1) is 0 Å². The molecule has 0 radical (unpaired) electrons. The van der Waals surface area contributed by atoms with Crippen molar-refractivity contribution in [2.45, 2.75) is 6.42 Å². The minimum absolute atomic E-state index is 0.145. The largest absolute Gasteiger partial charge is 0.495 e. The summed E-state index contributed by atoms with van der Waals surface area (Å²) in [6, 6.07) is 11.6. The maximum Gasteiger partial charge on any atom is 0.229 e. The molecule has 0 aliphatic heterocycles. The topological polar surface area (TPSA) is 62.1 Å². The summed E-state index contributed by atoms with van der Waals surface area (Å²) in [4.78, 5) is 12.1. The summed E-state index contributed by atoms with van der Waals surface area (Å²) in [5.74, 6) is -0.529. The van der Waals surface area contributed by atoms with Gasteiger partial charge in [0.2, 0.25) is 5.91 Å². The molecule has 0 bridgehead atoms. The number of hydrogen-bond donors (Lipinski definition) is 1. The summed E-state index contributed by atoms with van der Waals surface area (Å²) in [6.45, 7) is 0. The molecule has 0 spiro atoms. The number of carbonyl (C=O) groups is 1. The molecule has 0 fully saturated rings. The molecule has 22 heavy (non-hydrogen) atoms. The van der Waals surface area contributed by atoms with Crippen molar-refractivity contribution in [2.75, 3.05) is 12.4 Å². The Morgan fingerprint density at radius 2 is 2.09 bits per heavy atom. The fourth-order valence-corrected chi connectivity index (χ4v) is 2.37. The lowest BCUT2D eigenvalue weighted by Crippen LogP contribution is -2.16. The number of hydrogen-bond acceptors (Lipinski definition) is 3. The van der Waals surface area contributed by atoms with Crippen LogP contribution in [-0.2, 0) is 11.2 Å². The van der Waals surface area contributed by atoms with E-state index >= 15 is 0 Å². The molecule has 1 amide bonds. The van der Waals surface area contributed by atoms with Crippen LogP contribution in [0.2, 0.25) is 0 Å². The number of rotatable bonds is 4. The van der Waals surface area contributed by atoms with Crippen LogP contribution in [0.25, 0.3) is 0 Å². The Morgan fingerprint density at radius 3 is 2.77 bits per heavy atom. The fourth-order valence-electron chi connectivity index (χ4n) is 1.96. The van der Waals surface area contributed by atoms with E-state index in [0.29, 0.717) is 10.2 Å². The molecule has 6 heteroatoms. The third kappa shape index (κ3) is 3.43. The minimum atomic E-state index is -0.474. The maximum atomic E-state index is 13.9. The summed E-state index contributed by atoms with van der Waals surface area (Å²) in [5.41, 5.74) is 0.829. The second-order valence-electron chi connectivity index (χ2n) is 4.43. The predicted octanol–water partition coefficient (Wildman–Crippen LogP) is 3.65. The lowest BCUT2D eigenvalue weighted by atomic mass is 10.1.